The van der Waals surface area contributed by atoms with Crippen molar-refractivity contribution in [3.63, 3.8) is 0 Å². The molecule has 2 aromatic rings. The zero-order valence-electron chi connectivity index (χ0n) is 14.9. The van der Waals surface area contributed by atoms with E-state index in [1.54, 1.807) is 20.8 Å². The summed E-state index contributed by atoms with van der Waals surface area (Å²) in [5.74, 6) is -1.33. The van der Waals surface area contributed by atoms with Gasteiger partial charge < -0.3 is 14.6 Å². The third-order valence-electron chi connectivity index (χ3n) is 4.09. The van der Waals surface area contributed by atoms with E-state index >= 15 is 0 Å². The summed E-state index contributed by atoms with van der Waals surface area (Å²) < 4.78 is 24.0. The van der Waals surface area contributed by atoms with Crippen molar-refractivity contribution >= 4 is 17.6 Å². The summed E-state index contributed by atoms with van der Waals surface area (Å²) in [6.07, 6.45) is 0.0941. The van der Waals surface area contributed by atoms with Crippen molar-refractivity contribution in [2.24, 2.45) is 0 Å². The maximum absolute atomic E-state index is 14.2. The number of hydrogen-bond acceptors (Lipinski definition) is 5. The molecule has 0 radical (unpaired) electrons. The number of halogens is 1. The number of rotatable bonds is 5. The van der Waals surface area contributed by atoms with E-state index in [1.807, 2.05) is 6.92 Å². The predicted molar refractivity (Wildman–Crippen MR) is 90.1 cm³/mol. The summed E-state index contributed by atoms with van der Waals surface area (Å²) in [6.45, 7) is 7.09. The van der Waals surface area contributed by atoms with E-state index in [4.69, 9.17) is 4.52 Å². The van der Waals surface area contributed by atoms with Crippen LogP contribution in [0.2, 0.25) is 0 Å². The molecule has 0 spiro atoms. The maximum Gasteiger partial charge on any atom is 0.340 e. The molecule has 1 aromatic carbocycles. The number of nitrogens with zero attached hydrogens (tertiary/aromatic N) is 1. The topological polar surface area (TPSA) is 81.4 Å². The average molecular weight is 348 g/mol. The van der Waals surface area contributed by atoms with Crippen LogP contribution in [0.4, 0.5) is 10.1 Å². The van der Waals surface area contributed by atoms with Crippen LogP contribution in [0.15, 0.2) is 16.7 Å². The number of methoxy groups -OCH3 is 1. The normalized spacial score (nSPS) is 11.9. The molecular weight excluding hydrogens is 327 g/mol. The van der Waals surface area contributed by atoms with Gasteiger partial charge in [-0.1, -0.05) is 18.1 Å². The van der Waals surface area contributed by atoms with Crippen LogP contribution in [0.5, 0.6) is 0 Å². The third kappa shape index (κ3) is 3.87. The highest BCUT2D eigenvalue weighted by molar-refractivity contribution is 6.02. The molecule has 1 atom stereocenters. The van der Waals surface area contributed by atoms with Gasteiger partial charge in [-0.2, -0.15) is 0 Å². The van der Waals surface area contributed by atoms with Gasteiger partial charge in [-0.3, -0.25) is 4.79 Å². The molecule has 1 aromatic heterocycles. The summed E-state index contributed by atoms with van der Waals surface area (Å²) in [5.41, 5.74) is 1.94. The van der Waals surface area contributed by atoms with E-state index in [2.05, 4.69) is 15.2 Å². The first kappa shape index (κ1) is 18.6. The molecule has 25 heavy (non-hydrogen) atoms. The fraction of sp³-hybridized carbons (Fsp3) is 0.389. The Morgan fingerprint density at radius 2 is 2.00 bits per heavy atom. The Morgan fingerprint density at radius 3 is 2.56 bits per heavy atom. The Balaban J connectivity index is 2.24. The fourth-order valence-corrected chi connectivity index (χ4v) is 2.93. The first-order chi connectivity index (χ1) is 11.8. The lowest BCUT2D eigenvalue weighted by molar-refractivity contribution is -0.116. The lowest BCUT2D eigenvalue weighted by Gasteiger charge is -2.15. The minimum atomic E-state index is -0.703. The molecule has 0 aliphatic rings. The second-order valence-corrected chi connectivity index (χ2v) is 6.00. The Kier molecular flexibility index (Phi) is 5.56. The molecule has 1 N–H and O–H groups in total. The second kappa shape index (κ2) is 7.46. The monoisotopic (exact) mass is 348 g/mol. The zero-order chi connectivity index (χ0) is 18.7. The molecule has 6 nitrogen and oxygen atoms in total. The van der Waals surface area contributed by atoms with Gasteiger partial charge in [-0.05, 0) is 38.3 Å². The van der Waals surface area contributed by atoms with Crippen LogP contribution in [-0.2, 0) is 9.53 Å². The minimum absolute atomic E-state index is 0.0147. The smallest absolute Gasteiger partial charge is 0.340 e. The van der Waals surface area contributed by atoms with Crippen LogP contribution < -0.4 is 5.32 Å². The lowest BCUT2D eigenvalue weighted by Crippen LogP contribution is -2.19. The molecule has 2 rings (SSSR count). The number of nitrogens with one attached hydrogen (secondary N) is 1. The van der Waals surface area contributed by atoms with Gasteiger partial charge in [-0.25, -0.2) is 9.18 Å². The number of ether oxygens (including phenoxy) is 1. The molecule has 1 amide bonds. The summed E-state index contributed by atoms with van der Waals surface area (Å²) >= 11 is 0. The van der Waals surface area contributed by atoms with Gasteiger partial charge in [-0.15, -0.1) is 0 Å². The molecule has 0 aliphatic heterocycles. The van der Waals surface area contributed by atoms with E-state index < -0.39 is 17.7 Å². The molecule has 7 heteroatoms. The average Bonchev–Trinajstić information content (AvgIpc) is 2.89. The van der Waals surface area contributed by atoms with Crippen molar-refractivity contribution in [1.29, 1.82) is 0 Å². The fourth-order valence-electron chi connectivity index (χ4n) is 2.93. The standard InChI is InChI=1S/C18H21FN2O4/c1-9-6-7-13(19)17(16(9)18(23)24-5)20-14(22)8-10(2)15-11(3)21-25-12(15)4/h6-7,10H,8H2,1-5H3,(H,20,22). The van der Waals surface area contributed by atoms with E-state index in [0.29, 0.717) is 11.3 Å². The number of benzene rings is 1. The van der Waals surface area contributed by atoms with Gasteiger partial charge in [0.1, 0.15) is 11.6 Å². The van der Waals surface area contributed by atoms with E-state index in [1.165, 1.54) is 19.2 Å². The minimum Gasteiger partial charge on any atom is -0.465 e. The van der Waals surface area contributed by atoms with Gasteiger partial charge in [0.25, 0.3) is 0 Å². The summed E-state index contributed by atoms with van der Waals surface area (Å²) in [6, 6.07) is 2.67. The number of carbonyl (C=O) groups is 2. The van der Waals surface area contributed by atoms with Crippen molar-refractivity contribution in [3.05, 3.63) is 46.1 Å². The van der Waals surface area contributed by atoms with Crippen LogP contribution in [0.25, 0.3) is 0 Å². The van der Waals surface area contributed by atoms with E-state index in [-0.39, 0.29) is 23.6 Å². The van der Waals surface area contributed by atoms with Gasteiger partial charge in [0.2, 0.25) is 5.91 Å². The molecule has 0 fully saturated rings. The number of hydrogen-bond donors (Lipinski definition) is 1. The van der Waals surface area contributed by atoms with Crippen LogP contribution in [0.1, 0.15) is 52.2 Å². The number of carbonyl (C=O) groups excluding carboxylic acids is 2. The predicted octanol–water partition coefficient (Wildman–Crippen LogP) is 3.66. The van der Waals surface area contributed by atoms with Crippen LogP contribution >= 0.6 is 0 Å². The zero-order valence-corrected chi connectivity index (χ0v) is 14.9. The quantitative estimate of drug-likeness (QED) is 0.834. The van der Waals surface area contributed by atoms with Crippen molar-refractivity contribution in [2.45, 2.75) is 40.0 Å². The van der Waals surface area contributed by atoms with E-state index in [9.17, 15) is 14.0 Å². The maximum atomic E-state index is 14.2. The Bertz CT molecular complexity index is 794. The first-order valence-corrected chi connectivity index (χ1v) is 7.86. The van der Waals surface area contributed by atoms with Crippen molar-refractivity contribution < 1.29 is 23.2 Å². The first-order valence-electron chi connectivity index (χ1n) is 7.86. The Labute approximate surface area is 145 Å². The Hall–Kier alpha value is -2.70. The molecule has 0 saturated heterocycles. The molecule has 0 bridgehead atoms. The van der Waals surface area contributed by atoms with Gasteiger partial charge in [0, 0.05) is 12.0 Å². The highest BCUT2D eigenvalue weighted by Crippen LogP contribution is 2.28. The number of amides is 1. The van der Waals surface area contributed by atoms with Crippen LogP contribution in [0, 0.1) is 26.6 Å². The lowest BCUT2D eigenvalue weighted by atomic mass is 9.95. The third-order valence-corrected chi connectivity index (χ3v) is 4.09. The number of anilines is 1. The highest BCUT2D eigenvalue weighted by Gasteiger charge is 2.23. The number of aromatic nitrogens is 1. The SMILES string of the molecule is COC(=O)c1c(C)ccc(F)c1NC(=O)CC(C)c1c(C)noc1C. The number of esters is 1. The molecule has 134 valence electrons. The molecular formula is C18H21FN2O4. The van der Waals surface area contributed by atoms with Gasteiger partial charge >= 0.3 is 5.97 Å². The van der Waals surface area contributed by atoms with Gasteiger partial charge in [0.15, 0.2) is 0 Å². The molecule has 0 saturated carbocycles. The van der Waals surface area contributed by atoms with E-state index in [0.717, 1.165) is 11.3 Å². The van der Waals surface area contributed by atoms with Crippen molar-refractivity contribution in [2.75, 3.05) is 12.4 Å². The number of aryl methyl sites for hydroxylation is 3. The highest BCUT2D eigenvalue weighted by atomic mass is 19.1. The van der Waals surface area contributed by atoms with Crippen molar-refractivity contribution in [1.82, 2.24) is 5.16 Å². The summed E-state index contributed by atoms with van der Waals surface area (Å²) in [4.78, 5) is 24.3. The molecule has 1 heterocycles. The molecule has 1 unspecified atom stereocenters. The van der Waals surface area contributed by atoms with Crippen LogP contribution in [0.3, 0.4) is 0 Å². The van der Waals surface area contributed by atoms with Crippen molar-refractivity contribution in [3.8, 4) is 0 Å². The largest absolute Gasteiger partial charge is 0.465 e. The second-order valence-electron chi connectivity index (χ2n) is 6.00. The molecule has 0 aliphatic carbocycles. The van der Waals surface area contributed by atoms with Crippen LogP contribution in [-0.4, -0.2) is 24.1 Å². The Morgan fingerprint density at radius 1 is 1.32 bits per heavy atom. The summed E-state index contributed by atoms with van der Waals surface area (Å²) in [7, 11) is 1.21. The summed E-state index contributed by atoms with van der Waals surface area (Å²) in [5, 5.41) is 6.38. The van der Waals surface area contributed by atoms with Gasteiger partial charge in [0.05, 0.1) is 24.1 Å².